The third kappa shape index (κ3) is 4.93. The van der Waals surface area contributed by atoms with Gasteiger partial charge in [0.25, 0.3) is 5.91 Å². The summed E-state index contributed by atoms with van der Waals surface area (Å²) in [5.41, 5.74) is 4.66. The molecule has 0 bridgehead atoms. The van der Waals surface area contributed by atoms with Crippen LogP contribution in [0.5, 0.6) is 0 Å². The Kier molecular flexibility index (Phi) is 6.72. The zero-order valence-electron chi connectivity index (χ0n) is 16.3. The maximum absolute atomic E-state index is 12.8. The van der Waals surface area contributed by atoms with Crippen LogP contribution in [0.4, 0.5) is 11.4 Å². The van der Waals surface area contributed by atoms with Crippen LogP contribution in [0.25, 0.3) is 11.1 Å². The average Bonchev–Trinajstić information content (AvgIpc) is 2.73. The van der Waals surface area contributed by atoms with Gasteiger partial charge in [0, 0.05) is 35.6 Å². The second-order valence-corrected chi connectivity index (χ2v) is 7.22. The number of halogens is 1. The van der Waals surface area contributed by atoms with Crippen LogP contribution >= 0.6 is 11.6 Å². The number of nitrogens with zero attached hydrogens (tertiary/aromatic N) is 1. The molecule has 0 heterocycles. The lowest BCUT2D eigenvalue weighted by Crippen LogP contribution is -2.26. The molecule has 0 atom stereocenters. The van der Waals surface area contributed by atoms with Crippen LogP contribution < -0.4 is 10.2 Å². The Bertz CT molecular complexity index is 920. The van der Waals surface area contributed by atoms with Gasteiger partial charge in [0.2, 0.25) is 0 Å². The van der Waals surface area contributed by atoms with Crippen molar-refractivity contribution >= 4 is 28.9 Å². The smallest absolute Gasteiger partial charge is 0.258 e. The first-order valence-corrected chi connectivity index (χ1v) is 9.94. The van der Waals surface area contributed by atoms with Crippen molar-refractivity contribution in [2.24, 2.45) is 0 Å². The summed E-state index contributed by atoms with van der Waals surface area (Å²) in [7, 11) is 1.80. The Hall–Kier alpha value is -2.78. The summed E-state index contributed by atoms with van der Waals surface area (Å²) in [5, 5.41) is 4.08. The van der Waals surface area contributed by atoms with Crippen LogP contribution in [0, 0.1) is 0 Å². The van der Waals surface area contributed by atoms with Gasteiger partial charge in [-0.1, -0.05) is 49.2 Å². The summed E-state index contributed by atoms with van der Waals surface area (Å²) < 4.78 is 0. The molecule has 1 N–H and O–H groups in total. The van der Waals surface area contributed by atoms with Crippen LogP contribution in [0.2, 0.25) is 5.02 Å². The third-order valence-corrected chi connectivity index (χ3v) is 4.94. The van der Waals surface area contributed by atoms with E-state index >= 15 is 0 Å². The van der Waals surface area contributed by atoms with E-state index < -0.39 is 0 Å². The van der Waals surface area contributed by atoms with E-state index in [0.29, 0.717) is 10.6 Å². The molecule has 0 aliphatic carbocycles. The third-order valence-electron chi connectivity index (χ3n) is 4.71. The van der Waals surface area contributed by atoms with Crippen LogP contribution in [-0.2, 0) is 0 Å². The molecule has 3 nitrogen and oxygen atoms in total. The van der Waals surface area contributed by atoms with Gasteiger partial charge in [0.1, 0.15) is 0 Å². The lowest BCUT2D eigenvalue weighted by atomic mass is 10.0. The van der Waals surface area contributed by atoms with Gasteiger partial charge < -0.3 is 10.2 Å². The van der Waals surface area contributed by atoms with Gasteiger partial charge >= 0.3 is 0 Å². The van der Waals surface area contributed by atoms with Crippen molar-refractivity contribution in [3.8, 4) is 11.1 Å². The van der Waals surface area contributed by atoms with E-state index in [-0.39, 0.29) is 5.91 Å². The molecule has 0 fully saturated rings. The number of carbonyl (C=O) groups is 1. The predicted molar refractivity (Wildman–Crippen MR) is 119 cm³/mol. The number of amides is 1. The van der Waals surface area contributed by atoms with E-state index in [0.717, 1.165) is 35.5 Å². The summed E-state index contributed by atoms with van der Waals surface area (Å²) in [5.74, 6) is -0.0377. The van der Waals surface area contributed by atoms with E-state index in [2.05, 4.69) is 12.2 Å². The summed E-state index contributed by atoms with van der Waals surface area (Å²) in [6.07, 6.45) is 2.31. The minimum Gasteiger partial charge on any atom is -0.385 e. The fourth-order valence-electron chi connectivity index (χ4n) is 3.00. The predicted octanol–water partition coefficient (Wildman–Crippen LogP) is 6.50. The first-order chi connectivity index (χ1) is 13.6. The second-order valence-electron chi connectivity index (χ2n) is 6.78. The number of benzene rings is 3. The fourth-order valence-corrected chi connectivity index (χ4v) is 3.19. The zero-order valence-corrected chi connectivity index (χ0v) is 17.0. The molecule has 3 aromatic rings. The Morgan fingerprint density at radius 1 is 0.964 bits per heavy atom. The average molecular weight is 393 g/mol. The highest BCUT2D eigenvalue weighted by Crippen LogP contribution is 2.24. The molecular weight excluding hydrogens is 368 g/mol. The Morgan fingerprint density at radius 2 is 1.68 bits per heavy atom. The van der Waals surface area contributed by atoms with E-state index in [1.807, 2.05) is 72.8 Å². The molecule has 3 rings (SSSR count). The topological polar surface area (TPSA) is 32.3 Å². The number of anilines is 2. The minimum atomic E-state index is -0.0377. The Balaban J connectivity index is 1.69. The van der Waals surface area contributed by atoms with Crippen LogP contribution in [0.1, 0.15) is 30.1 Å². The van der Waals surface area contributed by atoms with Gasteiger partial charge in [-0.3, -0.25) is 4.79 Å². The second kappa shape index (κ2) is 9.43. The molecule has 1 amide bonds. The normalized spacial score (nSPS) is 10.5. The number of nitrogens with one attached hydrogen (secondary N) is 1. The van der Waals surface area contributed by atoms with Crippen molar-refractivity contribution in [1.29, 1.82) is 0 Å². The molecule has 0 saturated heterocycles. The summed E-state index contributed by atoms with van der Waals surface area (Å²) in [6, 6.07) is 23.3. The van der Waals surface area contributed by atoms with Gasteiger partial charge in [-0.15, -0.1) is 0 Å². The molecular formula is C24H25ClN2O. The maximum atomic E-state index is 12.8. The number of unbranched alkanes of at least 4 members (excludes halogenated alkanes) is 1. The van der Waals surface area contributed by atoms with E-state index in [1.54, 1.807) is 11.9 Å². The van der Waals surface area contributed by atoms with Crippen LogP contribution in [0.15, 0.2) is 72.8 Å². The van der Waals surface area contributed by atoms with Gasteiger partial charge in [-0.05, 0) is 66.1 Å². The van der Waals surface area contributed by atoms with Gasteiger partial charge in [0.05, 0.1) is 0 Å². The molecule has 0 unspecified atom stereocenters. The van der Waals surface area contributed by atoms with Crippen LogP contribution in [-0.4, -0.2) is 19.5 Å². The van der Waals surface area contributed by atoms with Crippen molar-refractivity contribution in [3.05, 3.63) is 83.4 Å². The largest absolute Gasteiger partial charge is 0.385 e. The monoisotopic (exact) mass is 392 g/mol. The number of hydrogen-bond donors (Lipinski definition) is 1. The molecule has 4 heteroatoms. The highest BCUT2D eigenvalue weighted by atomic mass is 35.5. The van der Waals surface area contributed by atoms with Gasteiger partial charge in [-0.2, -0.15) is 0 Å². The van der Waals surface area contributed by atoms with Crippen molar-refractivity contribution in [3.63, 3.8) is 0 Å². The quantitative estimate of drug-likeness (QED) is 0.465. The van der Waals surface area contributed by atoms with Gasteiger partial charge in [0.15, 0.2) is 0 Å². The van der Waals surface area contributed by atoms with E-state index in [4.69, 9.17) is 11.6 Å². The fraction of sp³-hybridized carbons (Fsp3) is 0.208. The molecule has 3 aromatic carbocycles. The lowest BCUT2D eigenvalue weighted by molar-refractivity contribution is 0.0993. The number of rotatable bonds is 7. The maximum Gasteiger partial charge on any atom is 0.258 e. The van der Waals surface area contributed by atoms with Crippen molar-refractivity contribution < 1.29 is 4.79 Å². The molecule has 0 saturated carbocycles. The minimum absolute atomic E-state index is 0.0377. The van der Waals surface area contributed by atoms with Crippen molar-refractivity contribution in [2.45, 2.75) is 19.8 Å². The zero-order chi connectivity index (χ0) is 19.9. The standard InChI is InChI=1S/C24H25ClN2O/c1-3-4-16-26-22-12-14-23(15-13-22)27(2)24(28)19-10-8-18(9-11-19)20-6-5-7-21(25)17-20/h5-15,17,26H,3-4,16H2,1-2H3. The highest BCUT2D eigenvalue weighted by molar-refractivity contribution is 6.30. The molecule has 0 radical (unpaired) electrons. The summed E-state index contributed by atoms with van der Waals surface area (Å²) >= 11 is 6.07. The molecule has 0 aliphatic rings. The summed E-state index contributed by atoms with van der Waals surface area (Å²) in [4.78, 5) is 14.5. The lowest BCUT2D eigenvalue weighted by Gasteiger charge is -2.18. The molecule has 0 aromatic heterocycles. The highest BCUT2D eigenvalue weighted by Gasteiger charge is 2.13. The van der Waals surface area contributed by atoms with E-state index in [9.17, 15) is 4.79 Å². The number of carbonyl (C=O) groups excluding carboxylic acids is 1. The first kappa shape index (κ1) is 20.0. The Morgan fingerprint density at radius 3 is 2.32 bits per heavy atom. The first-order valence-electron chi connectivity index (χ1n) is 9.56. The molecule has 28 heavy (non-hydrogen) atoms. The van der Waals surface area contributed by atoms with Gasteiger partial charge in [-0.25, -0.2) is 0 Å². The van der Waals surface area contributed by atoms with Crippen LogP contribution in [0.3, 0.4) is 0 Å². The van der Waals surface area contributed by atoms with Crippen molar-refractivity contribution in [2.75, 3.05) is 23.8 Å². The molecule has 0 spiro atoms. The molecule has 0 aliphatic heterocycles. The van der Waals surface area contributed by atoms with E-state index in [1.165, 1.54) is 6.42 Å². The molecule has 144 valence electrons. The number of hydrogen-bond acceptors (Lipinski definition) is 2. The Labute approximate surface area is 172 Å². The SMILES string of the molecule is CCCCNc1ccc(N(C)C(=O)c2ccc(-c3cccc(Cl)c3)cc2)cc1. The van der Waals surface area contributed by atoms with Crippen molar-refractivity contribution in [1.82, 2.24) is 0 Å². The summed E-state index contributed by atoms with van der Waals surface area (Å²) in [6.45, 7) is 3.14.